The van der Waals surface area contributed by atoms with Gasteiger partial charge < -0.3 is 4.42 Å². The summed E-state index contributed by atoms with van der Waals surface area (Å²) in [5.41, 5.74) is 4.09. The van der Waals surface area contributed by atoms with E-state index in [1.54, 1.807) is 6.26 Å². The monoisotopic (exact) mass is 359 g/mol. The number of aromatic nitrogens is 4. The molecule has 27 heavy (non-hydrogen) atoms. The van der Waals surface area contributed by atoms with Gasteiger partial charge in [-0.1, -0.05) is 30.3 Å². The number of nitrogens with zero attached hydrogens (tertiary/aromatic N) is 5. The van der Waals surface area contributed by atoms with Gasteiger partial charge in [-0.3, -0.25) is 4.90 Å². The van der Waals surface area contributed by atoms with Crippen molar-refractivity contribution in [3.63, 3.8) is 0 Å². The molecular weight excluding hydrogens is 338 g/mol. The van der Waals surface area contributed by atoms with Gasteiger partial charge in [-0.25, -0.2) is 0 Å². The molecule has 1 aliphatic rings. The molecule has 0 amide bonds. The Morgan fingerprint density at radius 3 is 2.59 bits per heavy atom. The molecule has 1 fully saturated rings. The third-order valence-electron chi connectivity index (χ3n) is 5.30. The Morgan fingerprint density at radius 1 is 0.963 bits per heavy atom. The number of hydrogen-bond acceptors (Lipinski definition) is 5. The van der Waals surface area contributed by atoms with Gasteiger partial charge in [0.05, 0.1) is 18.2 Å². The van der Waals surface area contributed by atoms with Gasteiger partial charge in [0.2, 0.25) is 0 Å². The lowest BCUT2D eigenvalue weighted by molar-refractivity contribution is 0.200. The molecule has 0 N–H and O–H groups in total. The van der Waals surface area contributed by atoms with Crippen LogP contribution in [-0.2, 0) is 6.54 Å². The summed E-state index contributed by atoms with van der Waals surface area (Å²) in [5.74, 6) is 1.37. The lowest BCUT2D eigenvalue weighted by Gasteiger charge is -2.30. The smallest absolute Gasteiger partial charge is 0.177 e. The van der Waals surface area contributed by atoms with Gasteiger partial charge in [0, 0.05) is 23.6 Å². The summed E-state index contributed by atoms with van der Waals surface area (Å²) in [6, 6.07) is 16.3. The molecule has 6 nitrogen and oxygen atoms in total. The Kier molecular flexibility index (Phi) is 4.18. The standard InChI is InChI=1S/C21H21N5O/c1-2-4-17(5-3-1)19-6-7-20-22-23-21(26(20)24-19)18-8-11-25(12-9-18)14-16-10-13-27-15-16/h1-7,10,13,15,18H,8-9,11-12,14H2. The molecule has 3 aromatic heterocycles. The van der Waals surface area contributed by atoms with E-state index < -0.39 is 0 Å². The summed E-state index contributed by atoms with van der Waals surface area (Å²) in [4.78, 5) is 2.47. The van der Waals surface area contributed by atoms with Gasteiger partial charge in [0.15, 0.2) is 11.5 Å². The van der Waals surface area contributed by atoms with Gasteiger partial charge in [-0.05, 0) is 44.1 Å². The van der Waals surface area contributed by atoms with Crippen molar-refractivity contribution in [3.8, 4) is 11.3 Å². The van der Waals surface area contributed by atoms with E-state index in [2.05, 4.69) is 27.2 Å². The van der Waals surface area contributed by atoms with Crippen LogP contribution in [0.15, 0.2) is 65.5 Å². The number of likely N-dealkylation sites (tertiary alicyclic amines) is 1. The summed E-state index contributed by atoms with van der Waals surface area (Å²) in [6.07, 6.45) is 5.69. The Balaban J connectivity index is 1.36. The van der Waals surface area contributed by atoms with Crippen molar-refractivity contribution < 1.29 is 4.42 Å². The van der Waals surface area contributed by atoms with Crippen LogP contribution < -0.4 is 0 Å². The molecule has 4 aromatic rings. The van der Waals surface area contributed by atoms with Crippen molar-refractivity contribution in [1.29, 1.82) is 0 Å². The van der Waals surface area contributed by atoms with Crippen LogP contribution in [0, 0.1) is 0 Å². The maximum Gasteiger partial charge on any atom is 0.177 e. The molecule has 1 saturated heterocycles. The first kappa shape index (κ1) is 16.2. The molecule has 1 aliphatic heterocycles. The minimum absolute atomic E-state index is 0.388. The zero-order chi connectivity index (χ0) is 18.1. The molecule has 0 saturated carbocycles. The summed E-state index contributed by atoms with van der Waals surface area (Å²) in [6.45, 7) is 3.03. The topological polar surface area (TPSA) is 59.5 Å². The Morgan fingerprint density at radius 2 is 1.81 bits per heavy atom. The van der Waals surface area contributed by atoms with Crippen LogP contribution in [-0.4, -0.2) is 37.8 Å². The highest BCUT2D eigenvalue weighted by molar-refractivity contribution is 5.59. The first-order valence-corrected chi connectivity index (χ1v) is 9.38. The number of furan rings is 1. The summed E-state index contributed by atoms with van der Waals surface area (Å²) >= 11 is 0. The minimum atomic E-state index is 0.388. The van der Waals surface area contributed by atoms with E-state index in [1.165, 1.54) is 5.56 Å². The molecule has 0 bridgehead atoms. The quantitative estimate of drug-likeness (QED) is 0.555. The van der Waals surface area contributed by atoms with Crippen molar-refractivity contribution in [2.45, 2.75) is 25.3 Å². The maximum absolute atomic E-state index is 5.18. The molecule has 5 rings (SSSR count). The third-order valence-corrected chi connectivity index (χ3v) is 5.30. The van der Waals surface area contributed by atoms with Crippen molar-refractivity contribution in [2.24, 2.45) is 0 Å². The SMILES string of the molecule is c1ccc(-c2ccc3nnc(C4CCN(Cc5ccoc5)CC4)n3n2)cc1. The number of hydrogen-bond donors (Lipinski definition) is 0. The second-order valence-electron chi connectivity index (χ2n) is 7.09. The van der Waals surface area contributed by atoms with E-state index in [-0.39, 0.29) is 0 Å². The average Bonchev–Trinajstić information content (AvgIpc) is 3.39. The van der Waals surface area contributed by atoms with Gasteiger partial charge in [0.25, 0.3) is 0 Å². The first-order chi connectivity index (χ1) is 13.4. The lowest BCUT2D eigenvalue weighted by Crippen LogP contribution is -2.33. The minimum Gasteiger partial charge on any atom is -0.472 e. The van der Waals surface area contributed by atoms with Crippen molar-refractivity contribution in [3.05, 3.63) is 72.4 Å². The summed E-state index contributed by atoms with van der Waals surface area (Å²) in [5, 5.41) is 13.6. The second-order valence-corrected chi connectivity index (χ2v) is 7.09. The Bertz CT molecular complexity index is 1020. The molecule has 0 spiro atoms. The summed E-state index contributed by atoms with van der Waals surface area (Å²) < 4.78 is 7.10. The van der Waals surface area contributed by atoms with Crippen molar-refractivity contribution >= 4 is 5.65 Å². The Hall–Kier alpha value is -2.99. The molecule has 4 heterocycles. The fraction of sp³-hybridized carbons (Fsp3) is 0.286. The van der Waals surface area contributed by atoms with Gasteiger partial charge in [0.1, 0.15) is 0 Å². The molecule has 0 radical (unpaired) electrons. The molecule has 0 aliphatic carbocycles. The number of rotatable bonds is 4. The van der Waals surface area contributed by atoms with E-state index in [1.807, 2.05) is 47.2 Å². The van der Waals surface area contributed by atoms with Crippen LogP contribution in [0.25, 0.3) is 16.9 Å². The zero-order valence-corrected chi connectivity index (χ0v) is 15.0. The zero-order valence-electron chi connectivity index (χ0n) is 15.0. The highest BCUT2D eigenvalue weighted by Crippen LogP contribution is 2.28. The van der Waals surface area contributed by atoms with Crippen LogP contribution in [0.5, 0.6) is 0 Å². The van der Waals surface area contributed by atoms with E-state index in [4.69, 9.17) is 9.52 Å². The van der Waals surface area contributed by atoms with E-state index in [0.29, 0.717) is 5.92 Å². The molecule has 6 heteroatoms. The van der Waals surface area contributed by atoms with Crippen LogP contribution in [0.3, 0.4) is 0 Å². The largest absolute Gasteiger partial charge is 0.472 e. The fourth-order valence-electron chi connectivity index (χ4n) is 3.81. The molecule has 0 atom stereocenters. The third kappa shape index (κ3) is 3.24. The predicted octanol–water partition coefficient (Wildman–Crippen LogP) is 3.76. The summed E-state index contributed by atoms with van der Waals surface area (Å²) in [7, 11) is 0. The average molecular weight is 359 g/mol. The van der Waals surface area contributed by atoms with Gasteiger partial charge in [-0.2, -0.15) is 9.61 Å². The highest BCUT2D eigenvalue weighted by Gasteiger charge is 2.25. The van der Waals surface area contributed by atoms with E-state index in [0.717, 1.165) is 55.2 Å². The number of piperidine rings is 1. The number of benzene rings is 1. The van der Waals surface area contributed by atoms with Crippen LogP contribution in [0.1, 0.15) is 30.1 Å². The first-order valence-electron chi connectivity index (χ1n) is 9.38. The molecular formula is C21H21N5O. The van der Waals surface area contributed by atoms with Gasteiger partial charge in [-0.15, -0.1) is 10.2 Å². The van der Waals surface area contributed by atoms with E-state index >= 15 is 0 Å². The van der Waals surface area contributed by atoms with Crippen molar-refractivity contribution in [2.75, 3.05) is 13.1 Å². The lowest BCUT2D eigenvalue weighted by atomic mass is 9.96. The normalized spacial score (nSPS) is 16.1. The Labute approximate surface area is 157 Å². The fourth-order valence-corrected chi connectivity index (χ4v) is 3.81. The molecule has 0 unspecified atom stereocenters. The second kappa shape index (κ2) is 6.96. The van der Waals surface area contributed by atoms with Crippen LogP contribution in [0.2, 0.25) is 0 Å². The molecule has 1 aromatic carbocycles. The van der Waals surface area contributed by atoms with E-state index in [9.17, 15) is 0 Å². The number of fused-ring (bicyclic) bond motifs is 1. The maximum atomic E-state index is 5.18. The highest BCUT2D eigenvalue weighted by atomic mass is 16.3. The van der Waals surface area contributed by atoms with Crippen LogP contribution >= 0.6 is 0 Å². The predicted molar refractivity (Wildman–Crippen MR) is 102 cm³/mol. The van der Waals surface area contributed by atoms with Gasteiger partial charge >= 0.3 is 0 Å². The molecule has 136 valence electrons. The van der Waals surface area contributed by atoms with Crippen LogP contribution in [0.4, 0.5) is 0 Å². The van der Waals surface area contributed by atoms with Crippen molar-refractivity contribution in [1.82, 2.24) is 24.7 Å².